The molecule has 34 heavy (non-hydrogen) atoms. The molecule has 0 unspecified atom stereocenters. The van der Waals surface area contributed by atoms with Gasteiger partial charge in [-0.25, -0.2) is 14.1 Å². The number of pyridine rings is 1. The van der Waals surface area contributed by atoms with Gasteiger partial charge >= 0.3 is 7.82 Å². The molecule has 5 rings (SSSR count). The number of fused-ring (bicyclic) bond motifs is 1. The summed E-state index contributed by atoms with van der Waals surface area (Å²) in [4.78, 5) is 7.84. The minimum absolute atomic E-state index is 0.125. The van der Waals surface area contributed by atoms with Gasteiger partial charge in [0.2, 0.25) is 5.60 Å². The largest absolute Gasteiger partial charge is 0.475 e. The van der Waals surface area contributed by atoms with Gasteiger partial charge in [-0.1, -0.05) is 0 Å². The molecule has 2 aliphatic heterocycles. The van der Waals surface area contributed by atoms with Gasteiger partial charge in [0, 0.05) is 18.8 Å². The monoisotopic (exact) mass is 488 g/mol. The van der Waals surface area contributed by atoms with E-state index in [-0.39, 0.29) is 18.1 Å². The van der Waals surface area contributed by atoms with E-state index in [0.29, 0.717) is 11.9 Å². The van der Waals surface area contributed by atoms with Crippen molar-refractivity contribution in [3.8, 4) is 6.07 Å². The first-order chi connectivity index (χ1) is 16.4. The lowest BCUT2D eigenvalue weighted by atomic mass is 9.92. The average Bonchev–Trinajstić information content (AvgIpc) is 3.40. The van der Waals surface area contributed by atoms with E-state index in [1.807, 2.05) is 6.07 Å². The first-order valence-corrected chi connectivity index (χ1v) is 11.8. The van der Waals surface area contributed by atoms with Gasteiger partial charge < -0.3 is 20.7 Å². The van der Waals surface area contributed by atoms with Crippen LogP contribution in [0.1, 0.15) is 23.8 Å². The number of nitrogen functional groups attached to an aromatic ring is 1. The van der Waals surface area contributed by atoms with E-state index >= 15 is 0 Å². The lowest BCUT2D eigenvalue weighted by Crippen LogP contribution is -2.41. The summed E-state index contributed by atoms with van der Waals surface area (Å²) in [6.45, 7) is -0.344. The molecule has 14 heteroatoms. The Bertz CT molecular complexity index is 1280. The van der Waals surface area contributed by atoms with Crippen molar-refractivity contribution in [1.29, 1.82) is 5.26 Å². The molecule has 6 atom stereocenters. The Kier molecular flexibility index (Phi) is 5.83. The highest BCUT2D eigenvalue weighted by Gasteiger charge is 2.58. The van der Waals surface area contributed by atoms with E-state index in [1.165, 1.54) is 16.9 Å². The van der Waals surface area contributed by atoms with Crippen LogP contribution in [-0.2, 0) is 28.5 Å². The second-order valence-corrected chi connectivity index (χ2v) is 9.46. The van der Waals surface area contributed by atoms with E-state index in [0.717, 1.165) is 5.56 Å². The fourth-order valence-corrected chi connectivity index (χ4v) is 5.49. The predicted molar refractivity (Wildman–Crippen MR) is 114 cm³/mol. The number of phosphoric acid groups is 1. The van der Waals surface area contributed by atoms with Crippen molar-refractivity contribution in [3.63, 3.8) is 0 Å². The minimum Gasteiger partial charge on any atom is -0.387 e. The molecule has 4 N–H and O–H groups in total. The predicted octanol–water partition coefficient (Wildman–Crippen LogP) is 0.849. The van der Waals surface area contributed by atoms with Crippen molar-refractivity contribution in [2.45, 2.75) is 36.4 Å². The Hall–Kier alpha value is -2.95. The van der Waals surface area contributed by atoms with Crippen molar-refractivity contribution in [2.75, 3.05) is 18.9 Å². The fraction of sp³-hybridized carbons (Fsp3) is 0.400. The summed E-state index contributed by atoms with van der Waals surface area (Å²) in [5, 5.41) is 35.5. The number of nitrogens with zero attached hydrogens (tertiary/aromatic N) is 5. The maximum absolute atomic E-state index is 13.1. The first kappa shape index (κ1) is 22.8. The van der Waals surface area contributed by atoms with Crippen LogP contribution in [-0.4, -0.2) is 61.3 Å². The fourth-order valence-electron chi connectivity index (χ4n) is 4.10. The maximum atomic E-state index is 13.1. The van der Waals surface area contributed by atoms with Gasteiger partial charge in [0.15, 0.2) is 5.82 Å². The van der Waals surface area contributed by atoms with E-state index < -0.39 is 44.4 Å². The molecule has 0 radical (unpaired) electrons. The van der Waals surface area contributed by atoms with Crippen molar-refractivity contribution >= 4 is 19.2 Å². The molecule has 178 valence electrons. The van der Waals surface area contributed by atoms with Crippen LogP contribution in [0.5, 0.6) is 0 Å². The highest BCUT2D eigenvalue weighted by molar-refractivity contribution is 7.48. The lowest BCUT2D eigenvalue weighted by Gasteiger charge is -2.29. The molecule has 0 bridgehead atoms. The van der Waals surface area contributed by atoms with Crippen molar-refractivity contribution in [2.24, 2.45) is 0 Å². The average molecular weight is 488 g/mol. The number of aromatic nitrogens is 4. The second kappa shape index (κ2) is 8.68. The number of nitrogens with two attached hydrogens (primary N) is 1. The Morgan fingerprint density at radius 1 is 1.32 bits per heavy atom. The van der Waals surface area contributed by atoms with Crippen LogP contribution in [0.2, 0.25) is 0 Å². The number of hydrogen-bond donors (Lipinski definition) is 3. The van der Waals surface area contributed by atoms with Gasteiger partial charge in [0.25, 0.3) is 0 Å². The molecule has 0 aliphatic carbocycles. The molecule has 3 aromatic heterocycles. The molecule has 2 fully saturated rings. The topological polar surface area (TPSA) is 187 Å². The van der Waals surface area contributed by atoms with Gasteiger partial charge in [0.1, 0.15) is 36.2 Å². The number of ether oxygens (including phenoxy) is 1. The van der Waals surface area contributed by atoms with Crippen molar-refractivity contribution in [1.82, 2.24) is 19.6 Å². The van der Waals surface area contributed by atoms with Crippen LogP contribution in [0.3, 0.4) is 0 Å². The van der Waals surface area contributed by atoms with E-state index in [9.17, 15) is 20.0 Å². The van der Waals surface area contributed by atoms with Gasteiger partial charge in [-0.3, -0.25) is 18.6 Å². The highest BCUT2D eigenvalue weighted by atomic mass is 31.2. The Labute approximate surface area is 193 Å². The number of nitriles is 1. The Morgan fingerprint density at radius 3 is 2.88 bits per heavy atom. The molecule has 0 amide bonds. The summed E-state index contributed by atoms with van der Waals surface area (Å²) in [6, 6.07) is 8.47. The number of phosphoric ester groups is 1. The molecule has 5 heterocycles. The van der Waals surface area contributed by atoms with Gasteiger partial charge in [-0.15, -0.1) is 0 Å². The maximum Gasteiger partial charge on any atom is 0.475 e. The zero-order valence-corrected chi connectivity index (χ0v) is 18.6. The van der Waals surface area contributed by atoms with E-state index in [2.05, 4.69) is 15.1 Å². The lowest BCUT2D eigenvalue weighted by molar-refractivity contribution is -0.0689. The highest BCUT2D eigenvalue weighted by Crippen LogP contribution is 2.57. The molecule has 0 spiro atoms. The first-order valence-electron chi connectivity index (χ1n) is 10.4. The van der Waals surface area contributed by atoms with Crippen LogP contribution in [0, 0.1) is 11.3 Å². The number of aliphatic hydroxyl groups is 2. The summed E-state index contributed by atoms with van der Waals surface area (Å²) in [5.41, 5.74) is 5.15. The number of hydrogen-bond acceptors (Lipinski definition) is 12. The third-order valence-corrected chi connectivity index (χ3v) is 7.32. The quantitative estimate of drug-likeness (QED) is 0.430. The van der Waals surface area contributed by atoms with E-state index in [4.69, 9.17) is 24.0 Å². The molecule has 0 saturated carbocycles. The minimum atomic E-state index is -4.01. The SMILES string of the molecule is N#C[C@@]1(c2ccc3c(N)ncnn23)O[C@H](CO[P@@]2(=O)OCC[C@@H](c3ccncc3)O2)[C@@H](O)[C@H]1O. The molecular weight excluding hydrogens is 467 g/mol. The third-order valence-electron chi connectivity index (χ3n) is 5.85. The van der Waals surface area contributed by atoms with Crippen LogP contribution < -0.4 is 5.73 Å². The number of rotatable bonds is 5. The van der Waals surface area contributed by atoms with Gasteiger partial charge in [-0.2, -0.15) is 10.4 Å². The number of aliphatic hydroxyl groups excluding tert-OH is 2. The summed E-state index contributed by atoms with van der Waals surface area (Å²) in [6.07, 6.45) is -0.127. The Morgan fingerprint density at radius 2 is 2.12 bits per heavy atom. The van der Waals surface area contributed by atoms with Crippen molar-refractivity contribution < 1.29 is 33.1 Å². The summed E-state index contributed by atoms with van der Waals surface area (Å²) < 4.78 is 36.4. The summed E-state index contributed by atoms with van der Waals surface area (Å²) >= 11 is 0. The molecule has 2 aliphatic rings. The van der Waals surface area contributed by atoms with Crippen LogP contribution in [0.4, 0.5) is 5.82 Å². The molecule has 2 saturated heterocycles. The number of anilines is 1. The van der Waals surface area contributed by atoms with Crippen LogP contribution in [0.15, 0.2) is 43.0 Å². The van der Waals surface area contributed by atoms with Crippen molar-refractivity contribution in [3.05, 3.63) is 54.2 Å². The zero-order chi connectivity index (χ0) is 23.9. The molecular formula is C20H21N6O7P. The normalized spacial score (nSPS) is 33.7. The van der Waals surface area contributed by atoms with Crippen LogP contribution >= 0.6 is 7.82 Å². The summed E-state index contributed by atoms with van der Waals surface area (Å²) in [7, 11) is -4.01. The second-order valence-electron chi connectivity index (χ2n) is 7.84. The molecule has 13 nitrogen and oxygen atoms in total. The zero-order valence-electron chi connectivity index (χ0n) is 17.7. The van der Waals surface area contributed by atoms with Gasteiger partial charge in [-0.05, 0) is 29.8 Å². The molecule has 3 aromatic rings. The smallest absolute Gasteiger partial charge is 0.387 e. The van der Waals surface area contributed by atoms with E-state index in [1.54, 1.807) is 30.6 Å². The Balaban J connectivity index is 1.35. The molecule has 0 aromatic carbocycles. The summed E-state index contributed by atoms with van der Waals surface area (Å²) in [5.74, 6) is 0.163. The third kappa shape index (κ3) is 3.75. The van der Waals surface area contributed by atoms with Crippen LogP contribution in [0.25, 0.3) is 5.52 Å². The van der Waals surface area contributed by atoms with Gasteiger partial charge in [0.05, 0.1) is 25.0 Å². The standard InChI is InChI=1S/C20H21N6O7P/c21-10-20(16-2-1-13-19(22)24-11-25-26(13)16)18(28)17(27)15(32-20)9-31-34(29)30-8-5-14(33-34)12-3-6-23-7-4-12/h1-4,6-7,11,14-15,17-18,27-28H,5,8-9H2,(H2,22,24,25)/t14-,15+,17+,18+,20-,34+/m0/s1.